The van der Waals surface area contributed by atoms with Crippen LogP contribution in [0, 0.1) is 5.41 Å². The number of nitrogens with one attached hydrogen (secondary N) is 1. The van der Waals surface area contributed by atoms with Gasteiger partial charge in [0.05, 0.1) is 0 Å². The standard InChI is InChI=1S/C14H23N/c1-14(2,3)10-12-15-11-9-13-7-5-4-6-8-13/h4-8,15H,9-12H2,1-3H3. The highest BCUT2D eigenvalue weighted by atomic mass is 14.8. The van der Waals surface area contributed by atoms with E-state index >= 15 is 0 Å². The van der Waals surface area contributed by atoms with E-state index in [2.05, 4.69) is 56.4 Å². The summed E-state index contributed by atoms with van der Waals surface area (Å²) in [7, 11) is 0. The average Bonchev–Trinajstić information content (AvgIpc) is 2.17. The van der Waals surface area contributed by atoms with Gasteiger partial charge in [-0.3, -0.25) is 0 Å². The molecule has 1 aromatic carbocycles. The van der Waals surface area contributed by atoms with E-state index in [0.29, 0.717) is 5.41 Å². The monoisotopic (exact) mass is 205 g/mol. The second kappa shape index (κ2) is 5.92. The summed E-state index contributed by atoms with van der Waals surface area (Å²) in [4.78, 5) is 0. The van der Waals surface area contributed by atoms with E-state index in [1.165, 1.54) is 12.0 Å². The first-order chi connectivity index (χ1) is 7.08. The van der Waals surface area contributed by atoms with Gasteiger partial charge in [-0.1, -0.05) is 51.1 Å². The zero-order valence-corrected chi connectivity index (χ0v) is 10.2. The molecule has 15 heavy (non-hydrogen) atoms. The molecular weight excluding hydrogens is 182 g/mol. The Balaban J connectivity index is 2.08. The van der Waals surface area contributed by atoms with Gasteiger partial charge in [-0.15, -0.1) is 0 Å². The molecule has 1 nitrogen and oxygen atoms in total. The number of benzene rings is 1. The molecule has 0 atom stereocenters. The van der Waals surface area contributed by atoms with Crippen molar-refractivity contribution in [2.75, 3.05) is 13.1 Å². The van der Waals surface area contributed by atoms with E-state index in [4.69, 9.17) is 0 Å². The van der Waals surface area contributed by atoms with Gasteiger partial charge in [0.1, 0.15) is 0 Å². The maximum absolute atomic E-state index is 3.49. The molecule has 0 aromatic heterocycles. The van der Waals surface area contributed by atoms with Crippen molar-refractivity contribution in [1.29, 1.82) is 0 Å². The molecule has 0 aliphatic rings. The van der Waals surface area contributed by atoms with Crippen LogP contribution >= 0.6 is 0 Å². The lowest BCUT2D eigenvalue weighted by molar-refractivity contribution is 0.368. The fourth-order valence-corrected chi connectivity index (χ4v) is 1.47. The van der Waals surface area contributed by atoms with Crippen molar-refractivity contribution < 1.29 is 0 Å². The molecule has 0 heterocycles. The minimum absolute atomic E-state index is 0.444. The van der Waals surface area contributed by atoms with Crippen molar-refractivity contribution >= 4 is 0 Å². The Morgan fingerprint density at radius 2 is 1.67 bits per heavy atom. The van der Waals surface area contributed by atoms with Crippen molar-refractivity contribution in [2.45, 2.75) is 33.6 Å². The Morgan fingerprint density at radius 3 is 2.27 bits per heavy atom. The Morgan fingerprint density at radius 1 is 1.00 bits per heavy atom. The molecule has 0 saturated carbocycles. The second-order valence-corrected chi connectivity index (χ2v) is 5.30. The molecule has 0 aliphatic carbocycles. The summed E-state index contributed by atoms with van der Waals surface area (Å²) in [6.45, 7) is 9.06. The van der Waals surface area contributed by atoms with Crippen molar-refractivity contribution in [2.24, 2.45) is 5.41 Å². The van der Waals surface area contributed by atoms with Crippen LogP contribution in [0.1, 0.15) is 32.8 Å². The Kier molecular flexibility index (Phi) is 4.83. The SMILES string of the molecule is CC(C)(C)CCNCCc1ccccc1. The Labute approximate surface area is 93.9 Å². The van der Waals surface area contributed by atoms with Crippen LogP contribution in [0.15, 0.2) is 30.3 Å². The van der Waals surface area contributed by atoms with Crippen molar-refractivity contribution in [1.82, 2.24) is 5.32 Å². The van der Waals surface area contributed by atoms with E-state index in [0.717, 1.165) is 19.5 Å². The highest BCUT2D eigenvalue weighted by Crippen LogP contribution is 2.16. The summed E-state index contributed by atoms with van der Waals surface area (Å²) in [5.74, 6) is 0. The highest BCUT2D eigenvalue weighted by Gasteiger charge is 2.08. The van der Waals surface area contributed by atoms with Gasteiger partial charge in [-0.2, -0.15) is 0 Å². The summed E-state index contributed by atoms with van der Waals surface area (Å²) in [5, 5.41) is 3.49. The third-order valence-corrected chi connectivity index (χ3v) is 2.49. The smallest absolute Gasteiger partial charge is 0.000835 e. The lowest BCUT2D eigenvalue weighted by Crippen LogP contribution is -2.22. The minimum Gasteiger partial charge on any atom is -0.316 e. The third-order valence-electron chi connectivity index (χ3n) is 2.49. The van der Waals surface area contributed by atoms with Crippen LogP contribution in [0.5, 0.6) is 0 Å². The summed E-state index contributed by atoms with van der Waals surface area (Å²) in [5.41, 5.74) is 1.86. The van der Waals surface area contributed by atoms with Crippen molar-refractivity contribution in [3.63, 3.8) is 0 Å². The fraction of sp³-hybridized carbons (Fsp3) is 0.571. The predicted octanol–water partition coefficient (Wildman–Crippen LogP) is 3.25. The summed E-state index contributed by atoms with van der Waals surface area (Å²) >= 11 is 0. The Hall–Kier alpha value is -0.820. The molecule has 0 fully saturated rings. The normalized spacial score (nSPS) is 11.7. The van der Waals surface area contributed by atoms with E-state index in [1.807, 2.05) is 0 Å². The van der Waals surface area contributed by atoms with Gasteiger partial charge in [0, 0.05) is 0 Å². The zero-order chi connectivity index (χ0) is 11.1. The van der Waals surface area contributed by atoms with Gasteiger partial charge in [0.2, 0.25) is 0 Å². The molecule has 0 radical (unpaired) electrons. The van der Waals surface area contributed by atoms with Gasteiger partial charge < -0.3 is 5.32 Å². The van der Waals surface area contributed by atoms with Gasteiger partial charge in [-0.05, 0) is 36.9 Å². The summed E-state index contributed by atoms with van der Waals surface area (Å²) < 4.78 is 0. The predicted molar refractivity (Wildman–Crippen MR) is 67.1 cm³/mol. The van der Waals surface area contributed by atoms with Gasteiger partial charge in [0.15, 0.2) is 0 Å². The molecule has 1 rings (SSSR count). The molecule has 0 bridgehead atoms. The maximum atomic E-state index is 3.49. The Bertz CT molecular complexity index is 258. The van der Waals surface area contributed by atoms with Crippen LogP contribution < -0.4 is 5.32 Å². The number of hydrogen-bond acceptors (Lipinski definition) is 1. The van der Waals surface area contributed by atoms with Gasteiger partial charge >= 0.3 is 0 Å². The number of rotatable bonds is 5. The van der Waals surface area contributed by atoms with Gasteiger partial charge in [0.25, 0.3) is 0 Å². The first-order valence-corrected chi connectivity index (χ1v) is 5.82. The summed E-state index contributed by atoms with van der Waals surface area (Å²) in [6, 6.07) is 10.6. The molecule has 0 saturated heterocycles. The fourth-order valence-electron chi connectivity index (χ4n) is 1.47. The summed E-state index contributed by atoms with van der Waals surface area (Å²) in [6.07, 6.45) is 2.37. The van der Waals surface area contributed by atoms with Crippen LogP contribution in [0.3, 0.4) is 0 Å². The number of hydrogen-bond donors (Lipinski definition) is 1. The van der Waals surface area contributed by atoms with Crippen LogP contribution in [0.2, 0.25) is 0 Å². The largest absolute Gasteiger partial charge is 0.316 e. The van der Waals surface area contributed by atoms with E-state index < -0.39 is 0 Å². The first kappa shape index (κ1) is 12.3. The minimum atomic E-state index is 0.444. The molecule has 1 aromatic rings. The third kappa shape index (κ3) is 6.29. The molecule has 0 spiro atoms. The first-order valence-electron chi connectivity index (χ1n) is 5.82. The zero-order valence-electron chi connectivity index (χ0n) is 10.2. The molecule has 0 unspecified atom stereocenters. The molecule has 0 aliphatic heterocycles. The molecular formula is C14H23N. The molecule has 1 N–H and O–H groups in total. The van der Waals surface area contributed by atoms with Crippen LogP contribution in [-0.2, 0) is 6.42 Å². The maximum Gasteiger partial charge on any atom is -0.000835 e. The van der Waals surface area contributed by atoms with Crippen molar-refractivity contribution in [3.8, 4) is 0 Å². The topological polar surface area (TPSA) is 12.0 Å². The lowest BCUT2D eigenvalue weighted by Gasteiger charge is -2.18. The highest BCUT2D eigenvalue weighted by molar-refractivity contribution is 5.14. The lowest BCUT2D eigenvalue weighted by atomic mass is 9.92. The quantitative estimate of drug-likeness (QED) is 0.728. The average molecular weight is 205 g/mol. The molecule has 1 heteroatoms. The van der Waals surface area contributed by atoms with Crippen molar-refractivity contribution in [3.05, 3.63) is 35.9 Å². The van der Waals surface area contributed by atoms with E-state index in [9.17, 15) is 0 Å². The molecule has 84 valence electrons. The van der Waals surface area contributed by atoms with Gasteiger partial charge in [-0.25, -0.2) is 0 Å². The van der Waals surface area contributed by atoms with Crippen LogP contribution in [0.4, 0.5) is 0 Å². The van der Waals surface area contributed by atoms with E-state index in [-0.39, 0.29) is 0 Å². The molecule has 0 amide bonds. The van der Waals surface area contributed by atoms with Crippen LogP contribution in [0.25, 0.3) is 0 Å². The van der Waals surface area contributed by atoms with E-state index in [1.54, 1.807) is 0 Å². The van der Waals surface area contributed by atoms with Crippen LogP contribution in [-0.4, -0.2) is 13.1 Å². The second-order valence-electron chi connectivity index (χ2n) is 5.30.